The van der Waals surface area contributed by atoms with E-state index in [0.717, 1.165) is 6.42 Å². The SMILES string of the molecule is C#CCC(CC)NC(C)C(=O)NC(=O)NC. The highest BCUT2D eigenvalue weighted by Gasteiger charge is 2.17. The van der Waals surface area contributed by atoms with Gasteiger partial charge in [-0.15, -0.1) is 12.3 Å². The molecule has 2 unspecified atom stereocenters. The zero-order chi connectivity index (χ0) is 12.6. The topological polar surface area (TPSA) is 70.2 Å². The van der Waals surface area contributed by atoms with Gasteiger partial charge in [0.25, 0.3) is 0 Å². The Bertz CT molecular complexity index is 283. The van der Waals surface area contributed by atoms with Crippen molar-refractivity contribution in [2.24, 2.45) is 0 Å². The number of amides is 3. The molecule has 0 radical (unpaired) electrons. The van der Waals surface area contributed by atoms with E-state index in [2.05, 4.69) is 21.9 Å². The summed E-state index contributed by atoms with van der Waals surface area (Å²) in [4.78, 5) is 22.4. The zero-order valence-corrected chi connectivity index (χ0v) is 9.96. The Labute approximate surface area is 96.4 Å². The van der Waals surface area contributed by atoms with Crippen molar-refractivity contribution in [3.05, 3.63) is 0 Å². The van der Waals surface area contributed by atoms with Crippen LogP contribution in [0.15, 0.2) is 0 Å². The highest BCUT2D eigenvalue weighted by Crippen LogP contribution is 1.98. The molecule has 0 bridgehead atoms. The Hall–Kier alpha value is -1.54. The largest absolute Gasteiger partial charge is 0.341 e. The molecular weight excluding hydrogens is 206 g/mol. The minimum absolute atomic E-state index is 0.0930. The molecule has 0 aliphatic heterocycles. The van der Waals surface area contributed by atoms with E-state index in [9.17, 15) is 9.59 Å². The number of rotatable bonds is 5. The molecular formula is C11H19N3O2. The molecule has 5 nitrogen and oxygen atoms in total. The van der Waals surface area contributed by atoms with Crippen molar-refractivity contribution in [3.63, 3.8) is 0 Å². The third kappa shape index (κ3) is 5.37. The van der Waals surface area contributed by atoms with Gasteiger partial charge in [-0.05, 0) is 13.3 Å². The number of carbonyl (C=O) groups is 2. The lowest BCUT2D eigenvalue weighted by Gasteiger charge is -2.19. The number of hydrogen-bond donors (Lipinski definition) is 3. The van der Waals surface area contributed by atoms with Crippen LogP contribution in [-0.4, -0.2) is 31.1 Å². The second kappa shape index (κ2) is 7.71. The van der Waals surface area contributed by atoms with Crippen molar-refractivity contribution in [1.29, 1.82) is 0 Å². The summed E-state index contributed by atoms with van der Waals surface area (Å²) in [6.45, 7) is 3.68. The lowest BCUT2D eigenvalue weighted by molar-refractivity contribution is -0.121. The fourth-order valence-electron chi connectivity index (χ4n) is 1.18. The van der Waals surface area contributed by atoms with Crippen LogP contribution in [0.4, 0.5) is 4.79 Å². The fourth-order valence-corrected chi connectivity index (χ4v) is 1.18. The molecule has 3 amide bonds. The predicted molar refractivity (Wildman–Crippen MR) is 62.7 cm³/mol. The quantitative estimate of drug-likeness (QED) is 0.586. The molecule has 0 aliphatic carbocycles. The maximum Gasteiger partial charge on any atom is 0.321 e. The van der Waals surface area contributed by atoms with Gasteiger partial charge < -0.3 is 10.6 Å². The van der Waals surface area contributed by atoms with Gasteiger partial charge in [-0.1, -0.05) is 6.92 Å². The molecule has 0 saturated carbocycles. The van der Waals surface area contributed by atoms with Crippen molar-refractivity contribution in [2.75, 3.05) is 7.05 Å². The molecule has 0 rings (SSSR count). The Kier molecular flexibility index (Phi) is 6.97. The summed E-state index contributed by atoms with van der Waals surface area (Å²) in [5.41, 5.74) is 0. The van der Waals surface area contributed by atoms with Crippen LogP contribution in [0, 0.1) is 12.3 Å². The molecule has 0 aromatic heterocycles. The van der Waals surface area contributed by atoms with E-state index in [4.69, 9.17) is 6.42 Å². The average Bonchev–Trinajstić information content (AvgIpc) is 2.27. The first-order valence-corrected chi connectivity index (χ1v) is 5.27. The van der Waals surface area contributed by atoms with Crippen LogP contribution in [-0.2, 0) is 4.79 Å². The molecule has 0 fully saturated rings. The molecule has 16 heavy (non-hydrogen) atoms. The molecule has 3 N–H and O–H groups in total. The summed E-state index contributed by atoms with van der Waals surface area (Å²) in [6, 6.07) is -0.866. The summed E-state index contributed by atoms with van der Waals surface area (Å²) in [6.07, 6.45) is 6.60. The summed E-state index contributed by atoms with van der Waals surface area (Å²) in [5, 5.41) is 7.57. The molecule has 90 valence electrons. The summed E-state index contributed by atoms with van der Waals surface area (Å²) >= 11 is 0. The third-order valence-corrected chi connectivity index (χ3v) is 2.20. The second-order valence-corrected chi connectivity index (χ2v) is 3.47. The molecule has 0 spiro atoms. The second-order valence-electron chi connectivity index (χ2n) is 3.47. The van der Waals surface area contributed by atoms with Crippen molar-refractivity contribution in [3.8, 4) is 12.3 Å². The molecule has 0 aliphatic rings. The van der Waals surface area contributed by atoms with Crippen LogP contribution in [0.1, 0.15) is 26.7 Å². The molecule has 0 heterocycles. The molecule has 5 heteroatoms. The Balaban J connectivity index is 4.13. The van der Waals surface area contributed by atoms with Gasteiger partial charge in [-0.3, -0.25) is 10.1 Å². The van der Waals surface area contributed by atoms with Gasteiger partial charge in [0.1, 0.15) is 0 Å². The van der Waals surface area contributed by atoms with E-state index in [1.807, 2.05) is 6.92 Å². The van der Waals surface area contributed by atoms with Gasteiger partial charge in [-0.2, -0.15) is 0 Å². The lowest BCUT2D eigenvalue weighted by Crippen LogP contribution is -2.49. The van der Waals surface area contributed by atoms with Gasteiger partial charge in [0, 0.05) is 19.5 Å². The smallest absolute Gasteiger partial charge is 0.321 e. The van der Waals surface area contributed by atoms with Gasteiger partial charge in [0.05, 0.1) is 6.04 Å². The Morgan fingerprint density at radius 2 is 2.06 bits per heavy atom. The minimum Gasteiger partial charge on any atom is -0.341 e. The number of terminal acetylenes is 1. The normalized spacial score (nSPS) is 13.4. The van der Waals surface area contributed by atoms with Crippen LogP contribution in [0.5, 0.6) is 0 Å². The van der Waals surface area contributed by atoms with Gasteiger partial charge in [0.2, 0.25) is 5.91 Å². The number of urea groups is 1. The van der Waals surface area contributed by atoms with Crippen LogP contribution in [0.25, 0.3) is 0 Å². The standard InChI is InChI=1S/C11H19N3O2/c1-5-7-9(6-2)13-8(3)10(15)14-11(16)12-4/h1,8-9,13H,6-7H2,2-4H3,(H2,12,14,15,16). The highest BCUT2D eigenvalue weighted by molar-refractivity contribution is 5.96. The van der Waals surface area contributed by atoms with Crippen LogP contribution >= 0.6 is 0 Å². The van der Waals surface area contributed by atoms with E-state index < -0.39 is 12.1 Å². The number of carbonyl (C=O) groups excluding carboxylic acids is 2. The minimum atomic E-state index is -0.511. The number of nitrogens with one attached hydrogen (secondary N) is 3. The van der Waals surface area contributed by atoms with Crippen LogP contribution in [0.2, 0.25) is 0 Å². The summed E-state index contributed by atoms with van der Waals surface area (Å²) < 4.78 is 0. The van der Waals surface area contributed by atoms with Gasteiger partial charge in [-0.25, -0.2) is 4.79 Å². The van der Waals surface area contributed by atoms with Crippen LogP contribution in [0.3, 0.4) is 0 Å². The van der Waals surface area contributed by atoms with E-state index >= 15 is 0 Å². The predicted octanol–water partition coefficient (Wildman–Crippen LogP) is 0.222. The number of hydrogen-bond acceptors (Lipinski definition) is 3. The third-order valence-electron chi connectivity index (χ3n) is 2.20. The molecule has 2 atom stereocenters. The van der Waals surface area contributed by atoms with E-state index in [1.165, 1.54) is 7.05 Å². The van der Waals surface area contributed by atoms with Gasteiger partial charge in [0.15, 0.2) is 0 Å². The van der Waals surface area contributed by atoms with Crippen LogP contribution < -0.4 is 16.0 Å². The summed E-state index contributed by atoms with van der Waals surface area (Å²) in [7, 11) is 1.45. The van der Waals surface area contributed by atoms with E-state index in [1.54, 1.807) is 6.92 Å². The molecule has 0 aromatic rings. The van der Waals surface area contributed by atoms with Crippen molar-refractivity contribution < 1.29 is 9.59 Å². The van der Waals surface area contributed by atoms with Gasteiger partial charge >= 0.3 is 6.03 Å². The lowest BCUT2D eigenvalue weighted by atomic mass is 10.1. The monoisotopic (exact) mass is 225 g/mol. The molecule has 0 aromatic carbocycles. The van der Waals surface area contributed by atoms with E-state index in [-0.39, 0.29) is 11.9 Å². The first-order valence-electron chi connectivity index (χ1n) is 5.27. The Morgan fingerprint density at radius 1 is 1.44 bits per heavy atom. The van der Waals surface area contributed by atoms with Crippen molar-refractivity contribution in [1.82, 2.24) is 16.0 Å². The fraction of sp³-hybridized carbons (Fsp3) is 0.636. The first kappa shape index (κ1) is 14.5. The highest BCUT2D eigenvalue weighted by atomic mass is 16.2. The summed E-state index contributed by atoms with van der Waals surface area (Å²) in [5.74, 6) is 2.18. The maximum atomic E-state index is 11.5. The van der Waals surface area contributed by atoms with E-state index in [0.29, 0.717) is 6.42 Å². The average molecular weight is 225 g/mol. The van der Waals surface area contributed by atoms with Crippen molar-refractivity contribution >= 4 is 11.9 Å². The van der Waals surface area contributed by atoms with Crippen molar-refractivity contribution in [2.45, 2.75) is 38.8 Å². The number of imide groups is 1. The zero-order valence-electron chi connectivity index (χ0n) is 9.96. The molecule has 0 saturated heterocycles. The Morgan fingerprint density at radius 3 is 2.50 bits per heavy atom. The maximum absolute atomic E-state index is 11.5. The first-order chi connectivity index (χ1) is 7.54.